The summed E-state index contributed by atoms with van der Waals surface area (Å²) in [7, 11) is 0. The number of fused-ring (bicyclic) bond motifs is 2. The molecule has 3 aromatic rings. The van der Waals surface area contributed by atoms with Crippen LogP contribution in [0.4, 0.5) is 0 Å². The fraction of sp³-hybridized carbons (Fsp3) is 0.455. The zero-order valence-electron chi connectivity index (χ0n) is 17.3. The third kappa shape index (κ3) is 3.53. The van der Waals surface area contributed by atoms with Gasteiger partial charge in [-0.25, -0.2) is 9.97 Å². The van der Waals surface area contributed by atoms with Crippen LogP contribution in [0.3, 0.4) is 0 Å². The molecule has 5 atom stereocenters. The molecular formula is C22H23Cl2N3O4. The Kier molecular flexibility index (Phi) is 5.24. The number of rotatable bonds is 4. The van der Waals surface area contributed by atoms with E-state index in [0.717, 1.165) is 22.9 Å². The third-order valence-corrected chi connectivity index (χ3v) is 6.45. The number of halogens is 2. The molecule has 9 heteroatoms. The summed E-state index contributed by atoms with van der Waals surface area (Å²) in [5, 5.41) is 13.1. The SMILES string of the molecule is CCc1cc(Cl)ccc1[C@@H](O)[C@H]1O[C@@H](n2ccc3c(Cl)ncnc32)[C@@H]2OC(C)(C)O[C@@H]21. The molecule has 4 heterocycles. The van der Waals surface area contributed by atoms with Crippen molar-refractivity contribution in [1.82, 2.24) is 14.5 Å². The van der Waals surface area contributed by atoms with Gasteiger partial charge in [0.05, 0.1) is 5.39 Å². The van der Waals surface area contributed by atoms with Gasteiger partial charge >= 0.3 is 0 Å². The molecule has 2 aliphatic rings. The van der Waals surface area contributed by atoms with Gasteiger partial charge in [-0.1, -0.05) is 36.2 Å². The molecule has 0 saturated carbocycles. The zero-order chi connectivity index (χ0) is 21.9. The Hall–Kier alpha value is -1.74. The zero-order valence-corrected chi connectivity index (χ0v) is 18.8. The lowest BCUT2D eigenvalue weighted by atomic mass is 9.94. The van der Waals surface area contributed by atoms with E-state index in [1.807, 2.05) is 49.7 Å². The van der Waals surface area contributed by atoms with E-state index in [2.05, 4.69) is 9.97 Å². The minimum absolute atomic E-state index is 0.368. The number of ether oxygens (including phenoxy) is 3. The summed E-state index contributed by atoms with van der Waals surface area (Å²) in [6.07, 6.45) is 0.986. The van der Waals surface area contributed by atoms with Gasteiger partial charge in [-0.3, -0.25) is 0 Å². The third-order valence-electron chi connectivity index (χ3n) is 5.92. The first kappa shape index (κ1) is 21.1. The van der Waals surface area contributed by atoms with Gasteiger partial charge in [0, 0.05) is 11.2 Å². The fourth-order valence-corrected chi connectivity index (χ4v) is 4.96. The molecule has 0 amide bonds. The van der Waals surface area contributed by atoms with E-state index < -0.39 is 36.4 Å². The smallest absolute Gasteiger partial charge is 0.164 e. The summed E-state index contributed by atoms with van der Waals surface area (Å²) >= 11 is 12.4. The summed E-state index contributed by atoms with van der Waals surface area (Å²) < 4.78 is 20.6. The Labute approximate surface area is 189 Å². The highest BCUT2D eigenvalue weighted by molar-refractivity contribution is 6.33. The highest BCUT2D eigenvalue weighted by Gasteiger charge is 2.58. The van der Waals surface area contributed by atoms with Crippen LogP contribution in [0.2, 0.25) is 10.2 Å². The van der Waals surface area contributed by atoms with Crippen molar-refractivity contribution >= 4 is 34.2 Å². The number of hydrogen-bond donors (Lipinski definition) is 1. The highest BCUT2D eigenvalue weighted by atomic mass is 35.5. The summed E-state index contributed by atoms with van der Waals surface area (Å²) in [4.78, 5) is 8.42. The first-order valence-corrected chi connectivity index (χ1v) is 11.0. The molecular weight excluding hydrogens is 441 g/mol. The Morgan fingerprint density at radius 3 is 2.71 bits per heavy atom. The molecule has 2 aromatic heterocycles. The van der Waals surface area contributed by atoms with E-state index >= 15 is 0 Å². The molecule has 0 radical (unpaired) electrons. The van der Waals surface area contributed by atoms with Crippen LogP contribution < -0.4 is 0 Å². The molecule has 2 fully saturated rings. The largest absolute Gasteiger partial charge is 0.386 e. The van der Waals surface area contributed by atoms with Gasteiger partial charge in [0.25, 0.3) is 0 Å². The number of aliphatic hydroxyl groups is 1. The summed E-state index contributed by atoms with van der Waals surface area (Å²) in [5.41, 5.74) is 2.37. The second kappa shape index (κ2) is 7.69. The molecule has 1 N–H and O–H groups in total. The Bertz CT molecular complexity index is 1140. The van der Waals surface area contributed by atoms with E-state index in [0.29, 0.717) is 15.8 Å². The average Bonchev–Trinajstić information content (AvgIpc) is 3.38. The van der Waals surface area contributed by atoms with E-state index in [-0.39, 0.29) is 0 Å². The molecule has 0 spiro atoms. The molecule has 164 valence electrons. The van der Waals surface area contributed by atoms with Crippen molar-refractivity contribution in [3.63, 3.8) is 0 Å². The minimum Gasteiger partial charge on any atom is -0.386 e. The van der Waals surface area contributed by atoms with Gasteiger partial charge in [0.15, 0.2) is 12.0 Å². The van der Waals surface area contributed by atoms with Crippen LogP contribution in [0.1, 0.15) is 44.2 Å². The van der Waals surface area contributed by atoms with Crippen molar-refractivity contribution < 1.29 is 19.3 Å². The lowest BCUT2D eigenvalue weighted by Crippen LogP contribution is -2.34. The Balaban J connectivity index is 1.55. The second-order valence-electron chi connectivity index (χ2n) is 8.32. The second-order valence-corrected chi connectivity index (χ2v) is 9.12. The normalized spacial score (nSPS) is 28.2. The lowest BCUT2D eigenvalue weighted by molar-refractivity contribution is -0.207. The number of hydrogen-bond acceptors (Lipinski definition) is 6. The molecule has 5 rings (SSSR count). The summed E-state index contributed by atoms with van der Waals surface area (Å²) in [5.74, 6) is -0.807. The molecule has 31 heavy (non-hydrogen) atoms. The van der Waals surface area contributed by atoms with E-state index in [1.165, 1.54) is 6.33 Å². The van der Waals surface area contributed by atoms with Crippen LogP contribution >= 0.6 is 23.2 Å². The van der Waals surface area contributed by atoms with Crippen LogP contribution in [0.5, 0.6) is 0 Å². The molecule has 0 unspecified atom stereocenters. The Morgan fingerprint density at radius 1 is 1.16 bits per heavy atom. The van der Waals surface area contributed by atoms with Crippen molar-refractivity contribution in [2.45, 2.75) is 63.6 Å². The maximum Gasteiger partial charge on any atom is 0.164 e. The van der Waals surface area contributed by atoms with Crippen LogP contribution in [0, 0.1) is 0 Å². The number of aliphatic hydroxyl groups excluding tert-OH is 1. The van der Waals surface area contributed by atoms with Crippen LogP contribution in [0.25, 0.3) is 11.0 Å². The highest BCUT2D eigenvalue weighted by Crippen LogP contribution is 2.47. The fourth-order valence-electron chi connectivity index (χ4n) is 4.58. The predicted molar refractivity (Wildman–Crippen MR) is 116 cm³/mol. The number of nitrogens with zero attached hydrogens (tertiary/aromatic N) is 3. The number of benzene rings is 1. The van der Waals surface area contributed by atoms with Crippen molar-refractivity contribution in [2.24, 2.45) is 0 Å². The number of aromatic nitrogens is 3. The standard InChI is InChI=1S/C22H23Cl2N3O4/c1-4-11-9-12(23)5-6-13(11)15(28)16-17-18(31-22(2,3)30-17)21(29-16)27-8-7-14-19(24)25-10-26-20(14)27/h5-10,15-18,21,28H,4H2,1-3H3/t15-,16-,17-,18-,21-/m1/s1. The molecule has 2 saturated heterocycles. The minimum atomic E-state index is -0.915. The van der Waals surface area contributed by atoms with Gasteiger partial charge in [-0.05, 0) is 49.6 Å². The molecule has 2 aliphatic heterocycles. The van der Waals surface area contributed by atoms with Gasteiger partial charge in [0.2, 0.25) is 0 Å². The van der Waals surface area contributed by atoms with Gasteiger partial charge in [-0.2, -0.15) is 0 Å². The maximum absolute atomic E-state index is 11.4. The monoisotopic (exact) mass is 463 g/mol. The summed E-state index contributed by atoms with van der Waals surface area (Å²) in [6, 6.07) is 7.33. The van der Waals surface area contributed by atoms with Gasteiger partial charge < -0.3 is 23.9 Å². The van der Waals surface area contributed by atoms with E-state index in [1.54, 1.807) is 6.07 Å². The van der Waals surface area contributed by atoms with Crippen LogP contribution in [-0.2, 0) is 20.6 Å². The van der Waals surface area contributed by atoms with Gasteiger partial charge in [-0.15, -0.1) is 0 Å². The maximum atomic E-state index is 11.4. The van der Waals surface area contributed by atoms with Crippen molar-refractivity contribution in [3.05, 3.63) is 58.1 Å². The molecule has 7 nitrogen and oxygen atoms in total. The van der Waals surface area contributed by atoms with Crippen molar-refractivity contribution in [2.75, 3.05) is 0 Å². The molecule has 1 aromatic carbocycles. The average molecular weight is 464 g/mol. The van der Waals surface area contributed by atoms with E-state index in [4.69, 9.17) is 37.4 Å². The first-order chi connectivity index (χ1) is 14.8. The Morgan fingerprint density at radius 2 is 1.94 bits per heavy atom. The van der Waals surface area contributed by atoms with Crippen LogP contribution in [-0.4, -0.2) is 43.7 Å². The molecule has 0 aliphatic carbocycles. The first-order valence-electron chi connectivity index (χ1n) is 10.2. The number of aryl methyl sites for hydroxylation is 1. The predicted octanol–water partition coefficient (Wildman–Crippen LogP) is 4.45. The lowest BCUT2D eigenvalue weighted by Gasteiger charge is -2.28. The van der Waals surface area contributed by atoms with Crippen molar-refractivity contribution in [1.29, 1.82) is 0 Å². The van der Waals surface area contributed by atoms with Crippen LogP contribution in [0.15, 0.2) is 36.8 Å². The van der Waals surface area contributed by atoms with Crippen molar-refractivity contribution in [3.8, 4) is 0 Å². The quantitative estimate of drug-likeness (QED) is 0.575. The summed E-state index contributed by atoms with van der Waals surface area (Å²) in [6.45, 7) is 5.74. The van der Waals surface area contributed by atoms with E-state index in [9.17, 15) is 5.11 Å². The molecule has 0 bridgehead atoms. The topological polar surface area (TPSA) is 78.6 Å². The van der Waals surface area contributed by atoms with Gasteiger partial charge in [0.1, 0.15) is 41.5 Å².